The van der Waals surface area contributed by atoms with E-state index in [9.17, 15) is 13.2 Å². The number of hydrogen-bond donors (Lipinski definition) is 1. The van der Waals surface area contributed by atoms with Gasteiger partial charge in [0, 0.05) is 25.3 Å². The lowest BCUT2D eigenvalue weighted by Crippen LogP contribution is -2.51. The SMILES string of the molecule is CC(C)NCC1COCCN1c1cc(C(F)(F)F)ccn1. The van der Waals surface area contributed by atoms with Crippen LogP contribution in [0.5, 0.6) is 0 Å². The minimum Gasteiger partial charge on any atom is -0.377 e. The Labute approximate surface area is 122 Å². The number of halogens is 3. The molecule has 0 aliphatic carbocycles. The number of anilines is 1. The van der Waals surface area contributed by atoms with Crippen LogP contribution in [0.1, 0.15) is 19.4 Å². The van der Waals surface area contributed by atoms with E-state index in [1.165, 1.54) is 6.20 Å². The molecule has 7 heteroatoms. The molecule has 0 bridgehead atoms. The highest BCUT2D eigenvalue weighted by Crippen LogP contribution is 2.31. The molecule has 1 aliphatic heterocycles. The molecular formula is C14H20F3N3O. The molecule has 2 heterocycles. The van der Waals surface area contributed by atoms with E-state index in [2.05, 4.69) is 10.3 Å². The van der Waals surface area contributed by atoms with Crippen molar-refractivity contribution in [2.45, 2.75) is 32.1 Å². The van der Waals surface area contributed by atoms with Gasteiger partial charge < -0.3 is 15.0 Å². The van der Waals surface area contributed by atoms with Gasteiger partial charge in [-0.1, -0.05) is 13.8 Å². The second-order valence-corrected chi connectivity index (χ2v) is 5.39. The topological polar surface area (TPSA) is 37.4 Å². The Balaban J connectivity index is 2.17. The fourth-order valence-corrected chi connectivity index (χ4v) is 2.25. The van der Waals surface area contributed by atoms with E-state index in [-0.39, 0.29) is 6.04 Å². The standard InChI is InChI=1S/C14H20F3N3O/c1-10(2)19-8-12-9-21-6-5-20(12)13-7-11(3-4-18-13)14(15,16)17/h3-4,7,10,12,19H,5-6,8-9H2,1-2H3. The summed E-state index contributed by atoms with van der Waals surface area (Å²) in [5, 5.41) is 3.29. The summed E-state index contributed by atoms with van der Waals surface area (Å²) in [7, 11) is 0. The van der Waals surface area contributed by atoms with E-state index in [1.54, 1.807) is 0 Å². The van der Waals surface area contributed by atoms with Crippen molar-refractivity contribution in [3.05, 3.63) is 23.9 Å². The van der Waals surface area contributed by atoms with Crippen LogP contribution >= 0.6 is 0 Å². The molecule has 1 aromatic rings. The van der Waals surface area contributed by atoms with Crippen LogP contribution in [0.2, 0.25) is 0 Å². The quantitative estimate of drug-likeness (QED) is 0.926. The number of alkyl halides is 3. The van der Waals surface area contributed by atoms with Crippen molar-refractivity contribution in [1.82, 2.24) is 10.3 Å². The number of hydrogen-bond acceptors (Lipinski definition) is 4. The molecule has 1 N–H and O–H groups in total. The van der Waals surface area contributed by atoms with Crippen LogP contribution in [0.15, 0.2) is 18.3 Å². The Morgan fingerprint density at radius 3 is 2.90 bits per heavy atom. The smallest absolute Gasteiger partial charge is 0.377 e. The maximum Gasteiger partial charge on any atom is 0.416 e. The Hall–Kier alpha value is -1.34. The van der Waals surface area contributed by atoms with Crippen molar-refractivity contribution in [1.29, 1.82) is 0 Å². The molecule has 0 amide bonds. The van der Waals surface area contributed by atoms with Crippen molar-refractivity contribution >= 4 is 5.82 Å². The summed E-state index contributed by atoms with van der Waals surface area (Å²) in [6.07, 6.45) is -3.14. The van der Waals surface area contributed by atoms with Crippen LogP contribution in [-0.2, 0) is 10.9 Å². The molecular weight excluding hydrogens is 283 g/mol. The van der Waals surface area contributed by atoms with Gasteiger partial charge in [-0.3, -0.25) is 0 Å². The molecule has 118 valence electrons. The van der Waals surface area contributed by atoms with Crippen molar-refractivity contribution in [2.24, 2.45) is 0 Å². The lowest BCUT2D eigenvalue weighted by atomic mass is 10.2. The third kappa shape index (κ3) is 4.31. The monoisotopic (exact) mass is 303 g/mol. The molecule has 1 saturated heterocycles. The van der Waals surface area contributed by atoms with Crippen molar-refractivity contribution in [2.75, 3.05) is 31.2 Å². The molecule has 0 saturated carbocycles. The molecule has 2 rings (SSSR count). The van der Waals surface area contributed by atoms with Crippen LogP contribution < -0.4 is 10.2 Å². The Bertz CT molecular complexity index is 465. The van der Waals surface area contributed by atoms with Crippen LogP contribution in [0, 0.1) is 0 Å². The highest BCUT2D eigenvalue weighted by molar-refractivity contribution is 5.43. The van der Waals surface area contributed by atoms with Gasteiger partial charge in [0.15, 0.2) is 0 Å². The molecule has 1 unspecified atom stereocenters. The summed E-state index contributed by atoms with van der Waals surface area (Å²) in [5.41, 5.74) is -0.672. The molecule has 1 aliphatic rings. The summed E-state index contributed by atoms with van der Waals surface area (Å²) in [4.78, 5) is 5.98. The fraction of sp³-hybridized carbons (Fsp3) is 0.643. The van der Waals surface area contributed by atoms with Crippen LogP contribution in [-0.4, -0.2) is 43.4 Å². The zero-order valence-corrected chi connectivity index (χ0v) is 12.2. The number of ether oxygens (including phenoxy) is 1. The first kappa shape index (κ1) is 16.0. The normalized spacial score (nSPS) is 20.1. The summed E-state index contributed by atoms with van der Waals surface area (Å²) >= 11 is 0. The Kier molecular flexibility index (Phi) is 5.05. The number of morpholine rings is 1. The molecule has 0 aromatic carbocycles. The summed E-state index contributed by atoms with van der Waals surface area (Å²) in [6.45, 7) is 6.22. The summed E-state index contributed by atoms with van der Waals surface area (Å²) < 4.78 is 43.8. The molecule has 4 nitrogen and oxygen atoms in total. The van der Waals surface area contributed by atoms with Gasteiger partial charge in [-0.05, 0) is 12.1 Å². The predicted molar refractivity (Wildman–Crippen MR) is 74.3 cm³/mol. The van der Waals surface area contributed by atoms with Gasteiger partial charge in [-0.2, -0.15) is 13.2 Å². The second kappa shape index (κ2) is 6.62. The third-order valence-corrected chi connectivity index (χ3v) is 3.36. The van der Waals surface area contributed by atoms with Crippen LogP contribution in [0.3, 0.4) is 0 Å². The number of rotatable bonds is 4. The first-order chi connectivity index (χ1) is 9.88. The van der Waals surface area contributed by atoms with E-state index < -0.39 is 11.7 Å². The zero-order chi connectivity index (χ0) is 15.5. The minimum atomic E-state index is -4.35. The zero-order valence-electron chi connectivity index (χ0n) is 12.2. The van der Waals surface area contributed by atoms with Gasteiger partial charge >= 0.3 is 6.18 Å². The van der Waals surface area contributed by atoms with Crippen molar-refractivity contribution < 1.29 is 17.9 Å². The molecule has 0 radical (unpaired) electrons. The van der Waals surface area contributed by atoms with E-state index in [1.807, 2.05) is 18.7 Å². The predicted octanol–water partition coefficient (Wildman–Crippen LogP) is 2.30. The van der Waals surface area contributed by atoms with Crippen LogP contribution in [0.25, 0.3) is 0 Å². The van der Waals surface area contributed by atoms with E-state index >= 15 is 0 Å². The third-order valence-electron chi connectivity index (χ3n) is 3.36. The number of pyridine rings is 1. The summed E-state index contributed by atoms with van der Waals surface area (Å²) in [5.74, 6) is 0.351. The van der Waals surface area contributed by atoms with Gasteiger partial charge in [0.1, 0.15) is 5.82 Å². The molecule has 1 fully saturated rings. The Morgan fingerprint density at radius 1 is 1.48 bits per heavy atom. The van der Waals surface area contributed by atoms with E-state index in [4.69, 9.17) is 4.74 Å². The number of nitrogens with one attached hydrogen (secondary N) is 1. The van der Waals surface area contributed by atoms with Gasteiger partial charge in [0.25, 0.3) is 0 Å². The lowest BCUT2D eigenvalue weighted by molar-refractivity contribution is -0.137. The first-order valence-electron chi connectivity index (χ1n) is 6.99. The first-order valence-corrected chi connectivity index (χ1v) is 6.99. The average molecular weight is 303 g/mol. The van der Waals surface area contributed by atoms with E-state index in [0.29, 0.717) is 38.2 Å². The van der Waals surface area contributed by atoms with Gasteiger partial charge in [0.2, 0.25) is 0 Å². The maximum absolute atomic E-state index is 12.8. The molecule has 21 heavy (non-hydrogen) atoms. The number of aromatic nitrogens is 1. The Morgan fingerprint density at radius 2 is 2.24 bits per heavy atom. The average Bonchev–Trinajstić information content (AvgIpc) is 2.44. The van der Waals surface area contributed by atoms with Crippen molar-refractivity contribution in [3.63, 3.8) is 0 Å². The van der Waals surface area contributed by atoms with Gasteiger partial charge in [-0.15, -0.1) is 0 Å². The highest BCUT2D eigenvalue weighted by atomic mass is 19.4. The number of nitrogens with zero attached hydrogens (tertiary/aromatic N) is 2. The summed E-state index contributed by atoms with van der Waals surface area (Å²) in [6, 6.07) is 2.39. The lowest BCUT2D eigenvalue weighted by Gasteiger charge is -2.37. The fourth-order valence-electron chi connectivity index (χ4n) is 2.25. The second-order valence-electron chi connectivity index (χ2n) is 5.39. The maximum atomic E-state index is 12.8. The van der Waals surface area contributed by atoms with Crippen molar-refractivity contribution in [3.8, 4) is 0 Å². The van der Waals surface area contributed by atoms with Gasteiger partial charge in [-0.25, -0.2) is 4.98 Å². The molecule has 1 aromatic heterocycles. The molecule has 0 spiro atoms. The van der Waals surface area contributed by atoms with Gasteiger partial charge in [0.05, 0.1) is 24.8 Å². The minimum absolute atomic E-state index is 0.0165. The van der Waals surface area contributed by atoms with E-state index in [0.717, 1.165) is 12.1 Å². The van der Waals surface area contributed by atoms with Crippen LogP contribution in [0.4, 0.5) is 19.0 Å². The highest BCUT2D eigenvalue weighted by Gasteiger charge is 2.32. The largest absolute Gasteiger partial charge is 0.416 e. The molecule has 1 atom stereocenters.